The smallest absolute Gasteiger partial charge is 0.227 e. The second-order valence-corrected chi connectivity index (χ2v) is 11.4. The molecule has 2 aromatic rings. The van der Waals surface area contributed by atoms with E-state index in [2.05, 4.69) is 46.1 Å². The highest BCUT2D eigenvalue weighted by Crippen LogP contribution is 2.34. The van der Waals surface area contributed by atoms with E-state index < -0.39 is 0 Å². The standard InChI is InChI=1S/C28H39ClN6O/c1-19-8-9-24(25(29)14-19)21(3)31-27-20(2)15-30-28(32-27)35-17-23(18-35)22-6-4-10-33(16-22)12-13-34-11-5-7-26(34)36/h8-9,14-15,21-23H,4-7,10-13,16-18H2,1-3H3,(H,30,31,32)/t21-,22+/m1/s1. The highest BCUT2D eigenvalue weighted by molar-refractivity contribution is 6.31. The molecule has 3 fully saturated rings. The van der Waals surface area contributed by atoms with E-state index >= 15 is 0 Å². The highest BCUT2D eigenvalue weighted by Gasteiger charge is 2.37. The fourth-order valence-corrected chi connectivity index (χ4v) is 6.25. The molecule has 5 rings (SSSR count). The fourth-order valence-electron chi connectivity index (χ4n) is 5.85. The number of aromatic nitrogens is 2. The largest absolute Gasteiger partial charge is 0.363 e. The molecule has 1 N–H and O–H groups in total. The molecule has 1 amide bonds. The van der Waals surface area contributed by atoms with Crippen LogP contribution in [-0.4, -0.2) is 71.5 Å². The average molecular weight is 511 g/mol. The summed E-state index contributed by atoms with van der Waals surface area (Å²) in [7, 11) is 0. The number of amides is 1. The minimum absolute atomic E-state index is 0.0489. The van der Waals surface area contributed by atoms with Crippen molar-refractivity contribution >= 4 is 29.3 Å². The number of carbonyl (C=O) groups is 1. The van der Waals surface area contributed by atoms with Crippen molar-refractivity contribution < 1.29 is 4.79 Å². The lowest BCUT2D eigenvalue weighted by Crippen LogP contribution is -2.54. The normalized spacial score (nSPS) is 22.1. The Morgan fingerprint density at radius 2 is 1.94 bits per heavy atom. The number of benzene rings is 1. The fraction of sp³-hybridized carbons (Fsp3) is 0.607. The van der Waals surface area contributed by atoms with Crippen molar-refractivity contribution in [3.8, 4) is 0 Å². The van der Waals surface area contributed by atoms with Crippen LogP contribution in [-0.2, 0) is 4.79 Å². The number of nitrogens with one attached hydrogen (secondary N) is 1. The van der Waals surface area contributed by atoms with Crippen molar-refractivity contribution in [3.05, 3.63) is 46.1 Å². The number of hydrogen-bond acceptors (Lipinski definition) is 6. The molecular formula is C28H39ClN6O. The third-order valence-corrected chi connectivity index (χ3v) is 8.52. The van der Waals surface area contributed by atoms with Crippen LogP contribution >= 0.6 is 11.6 Å². The van der Waals surface area contributed by atoms with E-state index in [1.165, 1.54) is 12.8 Å². The van der Waals surface area contributed by atoms with Gasteiger partial charge in [-0.15, -0.1) is 0 Å². The van der Waals surface area contributed by atoms with Crippen LogP contribution < -0.4 is 10.2 Å². The molecule has 3 saturated heterocycles. The molecule has 0 radical (unpaired) electrons. The summed E-state index contributed by atoms with van der Waals surface area (Å²) in [6.45, 7) is 13.4. The molecule has 3 aliphatic heterocycles. The maximum Gasteiger partial charge on any atom is 0.227 e. The van der Waals surface area contributed by atoms with Crippen LogP contribution in [0.15, 0.2) is 24.4 Å². The molecule has 7 nitrogen and oxygen atoms in total. The number of carbonyl (C=O) groups excluding carboxylic acids is 1. The molecule has 0 unspecified atom stereocenters. The third-order valence-electron chi connectivity index (χ3n) is 8.19. The minimum Gasteiger partial charge on any atom is -0.363 e. The number of hydrogen-bond donors (Lipinski definition) is 1. The monoisotopic (exact) mass is 510 g/mol. The van der Waals surface area contributed by atoms with E-state index in [4.69, 9.17) is 16.6 Å². The van der Waals surface area contributed by atoms with Gasteiger partial charge >= 0.3 is 0 Å². The number of aryl methyl sites for hydroxylation is 2. The first-order valence-electron chi connectivity index (χ1n) is 13.5. The molecule has 8 heteroatoms. The maximum atomic E-state index is 11.9. The van der Waals surface area contributed by atoms with E-state index in [1.54, 1.807) is 0 Å². The van der Waals surface area contributed by atoms with Gasteiger partial charge in [-0.25, -0.2) is 4.98 Å². The van der Waals surface area contributed by atoms with Gasteiger partial charge in [-0.3, -0.25) is 4.79 Å². The molecule has 3 aliphatic rings. The summed E-state index contributed by atoms with van der Waals surface area (Å²) in [5.41, 5.74) is 3.26. The molecule has 1 aromatic carbocycles. The topological polar surface area (TPSA) is 64.6 Å². The molecular weight excluding hydrogens is 472 g/mol. The molecule has 0 saturated carbocycles. The number of anilines is 2. The summed E-state index contributed by atoms with van der Waals surface area (Å²) in [6, 6.07) is 6.23. The Kier molecular flexibility index (Phi) is 7.68. The molecule has 36 heavy (non-hydrogen) atoms. The number of likely N-dealkylation sites (tertiary alicyclic amines) is 2. The van der Waals surface area contributed by atoms with Crippen molar-refractivity contribution in [2.75, 3.05) is 56.0 Å². The minimum atomic E-state index is 0.0489. The third kappa shape index (κ3) is 5.62. The van der Waals surface area contributed by atoms with Crippen molar-refractivity contribution in [3.63, 3.8) is 0 Å². The van der Waals surface area contributed by atoms with Gasteiger partial charge in [0.15, 0.2) is 0 Å². The Morgan fingerprint density at radius 1 is 1.11 bits per heavy atom. The van der Waals surface area contributed by atoms with Gasteiger partial charge in [0, 0.05) is 62.5 Å². The van der Waals surface area contributed by atoms with E-state index in [1.807, 2.05) is 24.1 Å². The quantitative estimate of drug-likeness (QED) is 0.555. The van der Waals surface area contributed by atoms with Crippen molar-refractivity contribution in [1.82, 2.24) is 19.8 Å². The average Bonchev–Trinajstić information content (AvgIpc) is 3.23. The first-order chi connectivity index (χ1) is 17.4. The predicted molar refractivity (Wildman–Crippen MR) is 146 cm³/mol. The Bertz CT molecular complexity index is 1090. The lowest BCUT2D eigenvalue weighted by Gasteiger charge is -2.46. The van der Waals surface area contributed by atoms with Crippen LogP contribution in [0, 0.1) is 25.7 Å². The Hall–Kier alpha value is -2.38. The van der Waals surface area contributed by atoms with Crippen molar-refractivity contribution in [1.29, 1.82) is 0 Å². The summed E-state index contributed by atoms with van der Waals surface area (Å²) < 4.78 is 0. The van der Waals surface area contributed by atoms with Crippen molar-refractivity contribution in [2.45, 2.75) is 52.5 Å². The zero-order valence-corrected chi connectivity index (χ0v) is 22.6. The van der Waals surface area contributed by atoms with Gasteiger partial charge in [0.2, 0.25) is 11.9 Å². The Morgan fingerprint density at radius 3 is 2.69 bits per heavy atom. The summed E-state index contributed by atoms with van der Waals surface area (Å²) >= 11 is 6.50. The maximum absolute atomic E-state index is 11.9. The van der Waals surface area contributed by atoms with Crippen molar-refractivity contribution in [2.24, 2.45) is 11.8 Å². The molecule has 0 aliphatic carbocycles. The van der Waals surface area contributed by atoms with E-state index in [9.17, 15) is 4.79 Å². The zero-order chi connectivity index (χ0) is 25.2. The van der Waals surface area contributed by atoms with Gasteiger partial charge < -0.3 is 20.0 Å². The van der Waals surface area contributed by atoms with Crippen LogP contribution in [0.2, 0.25) is 5.02 Å². The number of rotatable bonds is 8. The Balaban J connectivity index is 1.15. The second-order valence-electron chi connectivity index (χ2n) is 10.9. The van der Waals surface area contributed by atoms with Gasteiger partial charge in [-0.05, 0) is 75.6 Å². The molecule has 0 spiro atoms. The molecule has 2 atom stereocenters. The number of nitrogens with zero attached hydrogens (tertiary/aromatic N) is 5. The van der Waals surface area contributed by atoms with E-state index in [0.717, 1.165) is 98.1 Å². The lowest BCUT2D eigenvalue weighted by atomic mass is 9.81. The lowest BCUT2D eigenvalue weighted by molar-refractivity contribution is -0.127. The second kappa shape index (κ2) is 10.9. The molecule has 1 aromatic heterocycles. The first kappa shape index (κ1) is 25.3. The van der Waals surface area contributed by atoms with Gasteiger partial charge in [0.1, 0.15) is 5.82 Å². The van der Waals surface area contributed by atoms with Crippen LogP contribution in [0.4, 0.5) is 11.8 Å². The van der Waals surface area contributed by atoms with Gasteiger partial charge in [-0.1, -0.05) is 23.7 Å². The Labute approximate surface area is 220 Å². The van der Waals surface area contributed by atoms with Crippen LogP contribution in [0.25, 0.3) is 0 Å². The van der Waals surface area contributed by atoms with Crippen LogP contribution in [0.3, 0.4) is 0 Å². The first-order valence-corrected chi connectivity index (χ1v) is 13.9. The summed E-state index contributed by atoms with van der Waals surface area (Å²) in [4.78, 5) is 28.4. The summed E-state index contributed by atoms with van der Waals surface area (Å²) in [5.74, 6) is 3.42. The van der Waals surface area contributed by atoms with E-state index in [0.29, 0.717) is 11.8 Å². The number of piperidine rings is 1. The molecule has 4 heterocycles. The van der Waals surface area contributed by atoms with Crippen LogP contribution in [0.1, 0.15) is 55.3 Å². The van der Waals surface area contributed by atoms with Gasteiger partial charge in [0.25, 0.3) is 0 Å². The summed E-state index contributed by atoms with van der Waals surface area (Å²) in [5, 5.41) is 4.33. The van der Waals surface area contributed by atoms with E-state index in [-0.39, 0.29) is 6.04 Å². The molecule has 0 bridgehead atoms. The number of halogens is 1. The van der Waals surface area contributed by atoms with Gasteiger partial charge in [-0.2, -0.15) is 4.98 Å². The van der Waals surface area contributed by atoms with Gasteiger partial charge in [0.05, 0.1) is 6.04 Å². The summed E-state index contributed by atoms with van der Waals surface area (Å²) in [6.07, 6.45) is 6.23. The molecule has 194 valence electrons. The highest BCUT2D eigenvalue weighted by atomic mass is 35.5. The van der Waals surface area contributed by atoms with Crippen LogP contribution in [0.5, 0.6) is 0 Å². The zero-order valence-electron chi connectivity index (χ0n) is 21.8. The SMILES string of the molecule is Cc1ccc([C@@H](C)Nc2nc(N3CC([C@H]4CCCN(CCN5CCCC5=O)C4)C3)ncc2C)c(Cl)c1. The predicted octanol–water partition coefficient (Wildman–Crippen LogP) is 4.69.